The quantitative estimate of drug-likeness (QED) is 0.757. The van der Waals surface area contributed by atoms with Crippen LogP contribution in [-0.4, -0.2) is 26.4 Å². The topological polar surface area (TPSA) is 66.6 Å². The van der Waals surface area contributed by atoms with Crippen molar-refractivity contribution in [3.05, 3.63) is 71.9 Å². The van der Waals surface area contributed by atoms with E-state index in [1.807, 2.05) is 25.1 Å². The van der Waals surface area contributed by atoms with Gasteiger partial charge in [-0.3, -0.25) is 9.20 Å². The molecule has 5 nitrogen and oxygen atoms in total. The van der Waals surface area contributed by atoms with E-state index in [1.54, 1.807) is 22.7 Å². The number of nitrogens with one attached hydrogen (secondary N) is 1. The number of benzene rings is 1. The van der Waals surface area contributed by atoms with Gasteiger partial charge in [-0.05, 0) is 43.2 Å². The van der Waals surface area contributed by atoms with Crippen molar-refractivity contribution < 1.29 is 14.3 Å². The Balaban J connectivity index is 1.65. The number of hydrogen-bond acceptors (Lipinski definition) is 3. The normalized spacial score (nSPS) is 13.6. The van der Waals surface area contributed by atoms with Crippen LogP contribution in [0.15, 0.2) is 54.9 Å². The second kappa shape index (κ2) is 6.80. The van der Waals surface area contributed by atoms with E-state index >= 15 is 0 Å². The first-order valence-electron chi connectivity index (χ1n) is 7.71. The summed E-state index contributed by atoms with van der Waals surface area (Å²) < 4.78 is 14.6. The Morgan fingerprint density at radius 1 is 1.29 bits per heavy atom. The Morgan fingerprint density at radius 2 is 2.04 bits per heavy atom. The molecule has 0 bridgehead atoms. The summed E-state index contributed by atoms with van der Waals surface area (Å²) in [5.41, 5.74) is 1.75. The molecule has 0 radical (unpaired) electrons. The van der Waals surface area contributed by atoms with Gasteiger partial charge in [-0.2, -0.15) is 0 Å². The summed E-state index contributed by atoms with van der Waals surface area (Å²) in [6.07, 6.45) is 2.85. The largest absolute Gasteiger partial charge is 0.388 e. The van der Waals surface area contributed by atoms with Crippen LogP contribution in [0.2, 0.25) is 0 Å². The fourth-order valence-electron chi connectivity index (χ4n) is 2.61. The SMILES string of the molecule is CC(CC(O)c1ccc(F)cc1)NC(=O)c1cnc2ccccn12. The number of carbonyl (C=O) groups excluding carboxylic acids is 1. The highest BCUT2D eigenvalue weighted by atomic mass is 19.1. The summed E-state index contributed by atoms with van der Waals surface area (Å²) >= 11 is 0. The van der Waals surface area contributed by atoms with Crippen LogP contribution in [0, 0.1) is 5.82 Å². The first-order chi connectivity index (χ1) is 11.5. The number of pyridine rings is 1. The van der Waals surface area contributed by atoms with Crippen LogP contribution in [0.3, 0.4) is 0 Å². The predicted molar refractivity (Wildman–Crippen MR) is 88.1 cm³/mol. The van der Waals surface area contributed by atoms with Crippen molar-refractivity contribution in [3.63, 3.8) is 0 Å². The average Bonchev–Trinajstić information content (AvgIpc) is 2.99. The maximum absolute atomic E-state index is 12.9. The molecule has 2 aromatic heterocycles. The van der Waals surface area contributed by atoms with Crippen LogP contribution in [0.4, 0.5) is 4.39 Å². The molecule has 2 atom stereocenters. The summed E-state index contributed by atoms with van der Waals surface area (Å²) in [6.45, 7) is 1.81. The lowest BCUT2D eigenvalue weighted by Crippen LogP contribution is -2.34. The minimum Gasteiger partial charge on any atom is -0.388 e. The van der Waals surface area contributed by atoms with E-state index < -0.39 is 6.10 Å². The molecule has 0 aliphatic carbocycles. The van der Waals surface area contributed by atoms with Gasteiger partial charge in [-0.25, -0.2) is 9.37 Å². The monoisotopic (exact) mass is 327 g/mol. The summed E-state index contributed by atoms with van der Waals surface area (Å²) in [5, 5.41) is 13.1. The van der Waals surface area contributed by atoms with Crippen molar-refractivity contribution in [2.45, 2.75) is 25.5 Å². The highest BCUT2D eigenvalue weighted by molar-refractivity contribution is 5.93. The smallest absolute Gasteiger partial charge is 0.270 e. The first kappa shape index (κ1) is 16.1. The van der Waals surface area contributed by atoms with Crippen molar-refractivity contribution >= 4 is 11.6 Å². The Hall–Kier alpha value is -2.73. The highest BCUT2D eigenvalue weighted by Crippen LogP contribution is 2.19. The van der Waals surface area contributed by atoms with E-state index in [-0.39, 0.29) is 17.8 Å². The molecule has 0 aliphatic heterocycles. The van der Waals surface area contributed by atoms with Crippen LogP contribution in [0.25, 0.3) is 5.65 Å². The molecule has 2 N–H and O–H groups in total. The number of imidazole rings is 1. The lowest BCUT2D eigenvalue weighted by Gasteiger charge is -2.18. The minimum absolute atomic E-state index is 0.257. The maximum atomic E-state index is 12.9. The van der Waals surface area contributed by atoms with Crippen molar-refractivity contribution in [1.29, 1.82) is 0 Å². The van der Waals surface area contributed by atoms with Crippen LogP contribution in [0.5, 0.6) is 0 Å². The number of aliphatic hydroxyl groups is 1. The van der Waals surface area contributed by atoms with Crippen LogP contribution >= 0.6 is 0 Å². The van der Waals surface area contributed by atoms with Gasteiger partial charge in [0.25, 0.3) is 5.91 Å². The van der Waals surface area contributed by atoms with E-state index in [0.29, 0.717) is 23.3 Å². The Bertz CT molecular complexity index is 845. The molecule has 124 valence electrons. The molecule has 0 saturated carbocycles. The maximum Gasteiger partial charge on any atom is 0.270 e. The highest BCUT2D eigenvalue weighted by Gasteiger charge is 2.17. The van der Waals surface area contributed by atoms with Crippen molar-refractivity contribution in [2.24, 2.45) is 0 Å². The lowest BCUT2D eigenvalue weighted by atomic mass is 10.0. The fraction of sp³-hybridized carbons (Fsp3) is 0.222. The summed E-state index contributed by atoms with van der Waals surface area (Å²) in [4.78, 5) is 16.6. The van der Waals surface area contributed by atoms with Crippen LogP contribution in [-0.2, 0) is 0 Å². The minimum atomic E-state index is -0.775. The molecule has 0 aliphatic rings. The van der Waals surface area contributed by atoms with Crippen molar-refractivity contribution in [2.75, 3.05) is 0 Å². The predicted octanol–water partition coefficient (Wildman–Crippen LogP) is 2.72. The number of hydrogen-bond donors (Lipinski definition) is 2. The second-order valence-electron chi connectivity index (χ2n) is 5.75. The zero-order valence-corrected chi connectivity index (χ0v) is 13.2. The van der Waals surface area contributed by atoms with Gasteiger partial charge in [-0.15, -0.1) is 0 Å². The molecule has 0 spiro atoms. The van der Waals surface area contributed by atoms with E-state index in [2.05, 4.69) is 10.3 Å². The molecule has 2 heterocycles. The number of aromatic nitrogens is 2. The van der Waals surface area contributed by atoms with Crippen molar-refractivity contribution in [1.82, 2.24) is 14.7 Å². The van der Waals surface area contributed by atoms with Gasteiger partial charge in [0.2, 0.25) is 0 Å². The molecule has 3 aromatic rings. The van der Waals surface area contributed by atoms with Gasteiger partial charge in [0.05, 0.1) is 12.3 Å². The molecule has 0 fully saturated rings. The van der Waals surface area contributed by atoms with E-state index in [9.17, 15) is 14.3 Å². The average molecular weight is 327 g/mol. The second-order valence-corrected chi connectivity index (χ2v) is 5.75. The first-order valence-corrected chi connectivity index (χ1v) is 7.71. The van der Waals surface area contributed by atoms with E-state index in [4.69, 9.17) is 0 Å². The lowest BCUT2D eigenvalue weighted by molar-refractivity contribution is 0.0911. The number of rotatable bonds is 5. The molecular formula is C18H18FN3O2. The van der Waals surface area contributed by atoms with Gasteiger partial charge in [-0.1, -0.05) is 18.2 Å². The Kier molecular flexibility index (Phi) is 4.57. The van der Waals surface area contributed by atoms with E-state index in [1.165, 1.54) is 18.3 Å². The number of nitrogens with zero attached hydrogens (tertiary/aromatic N) is 2. The third-order valence-electron chi connectivity index (χ3n) is 3.86. The zero-order chi connectivity index (χ0) is 17.1. The number of halogens is 1. The molecule has 2 unspecified atom stereocenters. The number of fused-ring (bicyclic) bond motifs is 1. The molecular weight excluding hydrogens is 309 g/mol. The van der Waals surface area contributed by atoms with Crippen LogP contribution < -0.4 is 5.32 Å². The molecule has 1 amide bonds. The fourth-order valence-corrected chi connectivity index (χ4v) is 2.61. The van der Waals surface area contributed by atoms with Gasteiger partial charge in [0.15, 0.2) is 0 Å². The van der Waals surface area contributed by atoms with Gasteiger partial charge >= 0.3 is 0 Å². The zero-order valence-electron chi connectivity index (χ0n) is 13.2. The summed E-state index contributed by atoms with van der Waals surface area (Å²) in [5.74, 6) is -0.604. The Morgan fingerprint density at radius 3 is 2.79 bits per heavy atom. The number of amides is 1. The molecule has 24 heavy (non-hydrogen) atoms. The summed E-state index contributed by atoms with van der Waals surface area (Å²) in [7, 11) is 0. The molecule has 6 heteroatoms. The summed E-state index contributed by atoms with van der Waals surface area (Å²) in [6, 6.07) is 10.9. The molecule has 1 aromatic carbocycles. The van der Waals surface area contributed by atoms with Gasteiger partial charge in [0.1, 0.15) is 17.2 Å². The third-order valence-corrected chi connectivity index (χ3v) is 3.86. The van der Waals surface area contributed by atoms with Crippen molar-refractivity contribution in [3.8, 4) is 0 Å². The third kappa shape index (κ3) is 3.44. The standard InChI is InChI=1S/C18H18FN3O2/c1-12(10-16(23)13-5-7-14(19)8-6-13)21-18(24)15-11-20-17-4-2-3-9-22(15)17/h2-9,11-12,16,23H,10H2,1H3,(H,21,24). The van der Waals surface area contributed by atoms with Gasteiger partial charge in [0, 0.05) is 12.2 Å². The molecule has 3 rings (SSSR count). The number of aliphatic hydroxyl groups excluding tert-OH is 1. The number of carbonyl (C=O) groups is 1. The van der Waals surface area contributed by atoms with Crippen LogP contribution in [0.1, 0.15) is 35.5 Å². The van der Waals surface area contributed by atoms with E-state index in [0.717, 1.165) is 0 Å². The van der Waals surface area contributed by atoms with Gasteiger partial charge < -0.3 is 10.4 Å². The molecule has 0 saturated heterocycles. The Labute approximate surface area is 138 Å².